The first kappa shape index (κ1) is 14.5. The largest absolute Gasteiger partial charge is 0.380 e. The van der Waals surface area contributed by atoms with Gasteiger partial charge in [0.25, 0.3) is 5.69 Å². The molecule has 2 aromatic rings. The highest BCUT2D eigenvalue weighted by Gasteiger charge is 2.09. The van der Waals surface area contributed by atoms with Crippen molar-refractivity contribution in [3.05, 3.63) is 67.9 Å². The second-order valence-electron chi connectivity index (χ2n) is 4.36. The molecule has 0 amide bonds. The zero-order valence-electron chi connectivity index (χ0n) is 10.7. The first-order valence-electron chi connectivity index (χ1n) is 5.90. The summed E-state index contributed by atoms with van der Waals surface area (Å²) in [6, 6.07) is 9.41. The topological polar surface area (TPSA) is 55.2 Å². The number of non-ortho nitro benzene ring substituents is 1. The first-order valence-corrected chi connectivity index (χ1v) is 6.69. The minimum absolute atomic E-state index is 0.0278. The highest BCUT2D eigenvalue weighted by molar-refractivity contribution is 9.10. The van der Waals surface area contributed by atoms with Crippen LogP contribution in [0.2, 0.25) is 0 Å². The fourth-order valence-electron chi connectivity index (χ4n) is 1.77. The number of benzene rings is 2. The minimum atomic E-state index is -0.447. The lowest BCUT2D eigenvalue weighted by Gasteiger charge is -2.09. The number of anilines is 1. The molecule has 0 spiro atoms. The molecule has 1 N–H and O–H groups in total. The summed E-state index contributed by atoms with van der Waals surface area (Å²) in [4.78, 5) is 10.2. The number of aryl methyl sites for hydroxylation is 1. The predicted octanol–water partition coefficient (Wildman–Crippen LogP) is 4.42. The Hall–Kier alpha value is -1.95. The van der Waals surface area contributed by atoms with E-state index >= 15 is 0 Å². The lowest BCUT2D eigenvalue weighted by molar-refractivity contribution is -0.384. The van der Waals surface area contributed by atoms with Gasteiger partial charge in [-0.25, -0.2) is 4.39 Å². The molecule has 0 fully saturated rings. The molecule has 0 aliphatic carbocycles. The average Bonchev–Trinajstić information content (AvgIpc) is 2.41. The number of hydrogen-bond donors (Lipinski definition) is 1. The summed E-state index contributed by atoms with van der Waals surface area (Å²) in [6.45, 7) is 2.22. The van der Waals surface area contributed by atoms with Crippen LogP contribution in [-0.2, 0) is 6.54 Å². The second kappa shape index (κ2) is 6.00. The minimum Gasteiger partial charge on any atom is -0.380 e. The quantitative estimate of drug-likeness (QED) is 0.663. The standard InChI is InChI=1S/C14H12BrFN2O2/c1-9-6-10(2-4-13(9)16)8-17-14-5-3-11(18(19)20)7-12(14)15/h2-7,17H,8H2,1H3. The van der Waals surface area contributed by atoms with Crippen LogP contribution in [0.5, 0.6) is 0 Å². The van der Waals surface area contributed by atoms with Crippen LogP contribution in [0, 0.1) is 22.9 Å². The summed E-state index contributed by atoms with van der Waals surface area (Å²) < 4.78 is 13.8. The van der Waals surface area contributed by atoms with Crippen LogP contribution in [0.15, 0.2) is 40.9 Å². The summed E-state index contributed by atoms with van der Waals surface area (Å²) in [6.07, 6.45) is 0. The molecule has 0 aliphatic rings. The summed E-state index contributed by atoms with van der Waals surface area (Å²) >= 11 is 3.29. The Kier molecular flexibility index (Phi) is 4.34. The summed E-state index contributed by atoms with van der Waals surface area (Å²) in [5.74, 6) is -0.231. The van der Waals surface area contributed by atoms with Crippen LogP contribution in [0.4, 0.5) is 15.8 Å². The molecule has 2 aromatic carbocycles. The van der Waals surface area contributed by atoms with Gasteiger partial charge < -0.3 is 5.32 Å². The van der Waals surface area contributed by atoms with Crippen LogP contribution in [0.25, 0.3) is 0 Å². The summed E-state index contributed by atoms with van der Waals surface area (Å²) in [5, 5.41) is 13.8. The maximum Gasteiger partial charge on any atom is 0.270 e. The zero-order chi connectivity index (χ0) is 14.7. The van der Waals surface area contributed by atoms with E-state index in [-0.39, 0.29) is 11.5 Å². The van der Waals surface area contributed by atoms with E-state index in [4.69, 9.17) is 0 Å². The molecule has 20 heavy (non-hydrogen) atoms. The van der Waals surface area contributed by atoms with Crippen molar-refractivity contribution in [2.24, 2.45) is 0 Å². The number of hydrogen-bond acceptors (Lipinski definition) is 3. The van der Waals surface area contributed by atoms with Crippen molar-refractivity contribution < 1.29 is 9.31 Å². The number of nitro groups is 1. The molecule has 2 rings (SSSR count). The van der Waals surface area contributed by atoms with Gasteiger partial charge in [0.1, 0.15) is 5.82 Å². The van der Waals surface area contributed by atoms with Crippen molar-refractivity contribution in [1.29, 1.82) is 0 Å². The Morgan fingerprint density at radius 2 is 2.05 bits per heavy atom. The van der Waals surface area contributed by atoms with Gasteiger partial charge in [-0.3, -0.25) is 10.1 Å². The average molecular weight is 339 g/mol. The smallest absolute Gasteiger partial charge is 0.270 e. The van der Waals surface area contributed by atoms with E-state index in [1.165, 1.54) is 18.2 Å². The van der Waals surface area contributed by atoms with Crippen LogP contribution in [0.3, 0.4) is 0 Å². The molecule has 0 aliphatic heterocycles. The van der Waals surface area contributed by atoms with Crippen LogP contribution >= 0.6 is 15.9 Å². The highest BCUT2D eigenvalue weighted by Crippen LogP contribution is 2.27. The fraction of sp³-hybridized carbons (Fsp3) is 0.143. The van der Waals surface area contributed by atoms with Gasteiger partial charge in [0, 0.05) is 28.8 Å². The lowest BCUT2D eigenvalue weighted by Crippen LogP contribution is -2.01. The SMILES string of the molecule is Cc1cc(CNc2ccc([N+](=O)[O-])cc2Br)ccc1F. The molecule has 0 bridgehead atoms. The van der Waals surface area contributed by atoms with E-state index in [0.717, 1.165) is 11.3 Å². The molecular formula is C14H12BrFN2O2. The van der Waals surface area contributed by atoms with E-state index in [0.29, 0.717) is 16.6 Å². The van der Waals surface area contributed by atoms with Crippen molar-refractivity contribution in [3.8, 4) is 0 Å². The molecule has 0 saturated carbocycles. The van der Waals surface area contributed by atoms with Gasteiger partial charge in [-0.05, 0) is 46.1 Å². The normalized spacial score (nSPS) is 10.3. The molecule has 0 radical (unpaired) electrons. The van der Waals surface area contributed by atoms with E-state index in [9.17, 15) is 14.5 Å². The van der Waals surface area contributed by atoms with E-state index < -0.39 is 4.92 Å². The van der Waals surface area contributed by atoms with Gasteiger partial charge >= 0.3 is 0 Å². The van der Waals surface area contributed by atoms with Gasteiger partial charge in [-0.1, -0.05) is 12.1 Å². The van der Waals surface area contributed by atoms with Gasteiger partial charge in [0.15, 0.2) is 0 Å². The molecular weight excluding hydrogens is 327 g/mol. The van der Waals surface area contributed by atoms with Crippen molar-refractivity contribution in [3.63, 3.8) is 0 Å². The van der Waals surface area contributed by atoms with E-state index in [1.54, 1.807) is 25.1 Å². The Balaban J connectivity index is 2.10. The number of nitrogens with zero attached hydrogens (tertiary/aromatic N) is 1. The van der Waals surface area contributed by atoms with Crippen molar-refractivity contribution in [2.45, 2.75) is 13.5 Å². The predicted molar refractivity (Wildman–Crippen MR) is 79.3 cm³/mol. The molecule has 0 aromatic heterocycles. The Morgan fingerprint density at radius 1 is 1.30 bits per heavy atom. The van der Waals surface area contributed by atoms with Gasteiger partial charge in [0.05, 0.1) is 4.92 Å². The summed E-state index contributed by atoms with van der Waals surface area (Å²) in [7, 11) is 0. The summed E-state index contributed by atoms with van der Waals surface area (Å²) in [5.41, 5.74) is 2.30. The first-order chi connectivity index (χ1) is 9.47. The Labute approximate surface area is 123 Å². The van der Waals surface area contributed by atoms with Crippen LogP contribution in [-0.4, -0.2) is 4.92 Å². The number of nitrogens with one attached hydrogen (secondary N) is 1. The third-order valence-corrected chi connectivity index (χ3v) is 3.52. The third kappa shape index (κ3) is 3.33. The number of nitro benzene ring substituents is 1. The van der Waals surface area contributed by atoms with Crippen molar-refractivity contribution >= 4 is 27.3 Å². The Bertz CT molecular complexity index is 662. The fourth-order valence-corrected chi connectivity index (χ4v) is 2.28. The second-order valence-corrected chi connectivity index (χ2v) is 5.21. The van der Waals surface area contributed by atoms with E-state index in [1.807, 2.05) is 0 Å². The number of rotatable bonds is 4. The van der Waals surface area contributed by atoms with E-state index in [2.05, 4.69) is 21.2 Å². The molecule has 6 heteroatoms. The lowest BCUT2D eigenvalue weighted by atomic mass is 10.1. The zero-order valence-corrected chi connectivity index (χ0v) is 12.3. The van der Waals surface area contributed by atoms with Crippen LogP contribution in [0.1, 0.15) is 11.1 Å². The van der Waals surface area contributed by atoms with Gasteiger partial charge in [-0.15, -0.1) is 0 Å². The van der Waals surface area contributed by atoms with Gasteiger partial charge in [0.2, 0.25) is 0 Å². The van der Waals surface area contributed by atoms with Gasteiger partial charge in [-0.2, -0.15) is 0 Å². The maximum atomic E-state index is 13.2. The molecule has 4 nitrogen and oxygen atoms in total. The van der Waals surface area contributed by atoms with Crippen molar-refractivity contribution in [1.82, 2.24) is 0 Å². The molecule has 0 atom stereocenters. The monoisotopic (exact) mass is 338 g/mol. The third-order valence-electron chi connectivity index (χ3n) is 2.87. The molecule has 0 heterocycles. The molecule has 0 unspecified atom stereocenters. The molecule has 104 valence electrons. The van der Waals surface area contributed by atoms with Crippen LogP contribution < -0.4 is 5.32 Å². The maximum absolute atomic E-state index is 13.2. The molecule has 0 saturated heterocycles. The Morgan fingerprint density at radius 3 is 2.65 bits per heavy atom. The highest BCUT2D eigenvalue weighted by atomic mass is 79.9. The number of halogens is 2. The van der Waals surface area contributed by atoms with Crippen molar-refractivity contribution in [2.75, 3.05) is 5.32 Å².